The Morgan fingerprint density at radius 3 is 2.61 bits per heavy atom. The topological polar surface area (TPSA) is 86.4 Å². The van der Waals surface area contributed by atoms with Crippen molar-refractivity contribution in [1.82, 2.24) is 15.1 Å². The van der Waals surface area contributed by atoms with Gasteiger partial charge in [-0.25, -0.2) is 4.68 Å². The van der Waals surface area contributed by atoms with Gasteiger partial charge >= 0.3 is 0 Å². The second-order valence-electron chi connectivity index (χ2n) is 6.92. The summed E-state index contributed by atoms with van der Waals surface area (Å²) in [6.07, 6.45) is 1.53. The number of carbonyl (C=O) groups is 1. The number of hydrogen-bond acceptors (Lipinski definition) is 5. The van der Waals surface area contributed by atoms with Crippen molar-refractivity contribution >= 4 is 5.91 Å². The van der Waals surface area contributed by atoms with Gasteiger partial charge in [0.15, 0.2) is 5.76 Å². The second kappa shape index (κ2) is 8.12. The zero-order valence-corrected chi connectivity index (χ0v) is 16.1. The number of rotatable bonds is 7. The summed E-state index contributed by atoms with van der Waals surface area (Å²) >= 11 is 0. The summed E-state index contributed by atoms with van der Waals surface area (Å²) in [7, 11) is 0. The van der Waals surface area contributed by atoms with E-state index in [0.29, 0.717) is 24.6 Å². The van der Waals surface area contributed by atoms with Crippen molar-refractivity contribution in [3.05, 3.63) is 70.7 Å². The molecule has 1 N–H and O–H groups in total. The lowest BCUT2D eigenvalue weighted by Crippen LogP contribution is -2.50. The van der Waals surface area contributed by atoms with Gasteiger partial charge in [-0.05, 0) is 51.1 Å². The van der Waals surface area contributed by atoms with Crippen molar-refractivity contribution in [2.75, 3.05) is 13.2 Å². The number of ether oxygens (including phenoxy) is 1. The van der Waals surface area contributed by atoms with E-state index in [1.165, 1.54) is 17.0 Å². The van der Waals surface area contributed by atoms with Crippen LogP contribution in [0.5, 0.6) is 5.75 Å². The Balaban J connectivity index is 1.64. The number of benzene rings is 1. The van der Waals surface area contributed by atoms with Crippen LogP contribution in [0.2, 0.25) is 0 Å². The van der Waals surface area contributed by atoms with Gasteiger partial charge in [-0.3, -0.25) is 9.59 Å². The van der Waals surface area contributed by atoms with Crippen LogP contribution in [0.15, 0.2) is 64.0 Å². The van der Waals surface area contributed by atoms with Gasteiger partial charge in [-0.15, -0.1) is 0 Å². The van der Waals surface area contributed by atoms with E-state index < -0.39 is 5.54 Å². The standard InChI is InChI=1S/C21H23N3O4/c1-15-6-8-16(9-7-15)27-14-12-22-20(26)21(2,3)24-19(25)11-10-17(23-24)18-5-4-13-28-18/h4-11,13H,12,14H2,1-3H3,(H,22,26). The number of furan rings is 1. The lowest BCUT2D eigenvalue weighted by Gasteiger charge is -2.25. The van der Waals surface area contributed by atoms with Crippen LogP contribution in [0.25, 0.3) is 11.5 Å². The Kier molecular flexibility index (Phi) is 5.63. The number of carbonyl (C=O) groups excluding carboxylic acids is 1. The van der Waals surface area contributed by atoms with Gasteiger partial charge in [0.2, 0.25) is 5.91 Å². The van der Waals surface area contributed by atoms with Crippen LogP contribution in [0, 0.1) is 6.92 Å². The fourth-order valence-electron chi connectivity index (χ4n) is 2.65. The van der Waals surface area contributed by atoms with Crippen LogP contribution < -0.4 is 15.6 Å². The van der Waals surface area contributed by atoms with E-state index in [1.54, 1.807) is 32.0 Å². The van der Waals surface area contributed by atoms with Crippen molar-refractivity contribution < 1.29 is 13.9 Å². The maximum Gasteiger partial charge on any atom is 0.267 e. The van der Waals surface area contributed by atoms with Crippen LogP contribution in [0.4, 0.5) is 0 Å². The number of hydrogen-bond donors (Lipinski definition) is 1. The van der Waals surface area contributed by atoms with Gasteiger partial charge in [0.05, 0.1) is 12.8 Å². The summed E-state index contributed by atoms with van der Waals surface area (Å²) in [4.78, 5) is 25.0. The molecule has 146 valence electrons. The summed E-state index contributed by atoms with van der Waals surface area (Å²) in [5.41, 5.74) is 0.0838. The van der Waals surface area contributed by atoms with E-state index in [-0.39, 0.29) is 11.5 Å². The van der Waals surface area contributed by atoms with Gasteiger partial charge < -0.3 is 14.5 Å². The van der Waals surface area contributed by atoms with E-state index in [1.807, 2.05) is 31.2 Å². The summed E-state index contributed by atoms with van der Waals surface area (Å²) in [5, 5.41) is 7.11. The van der Waals surface area contributed by atoms with Crippen molar-refractivity contribution in [1.29, 1.82) is 0 Å². The first-order chi connectivity index (χ1) is 13.4. The first-order valence-electron chi connectivity index (χ1n) is 9.00. The molecule has 2 heterocycles. The average molecular weight is 381 g/mol. The SMILES string of the molecule is Cc1ccc(OCCNC(=O)C(C)(C)n2nc(-c3ccco3)ccc2=O)cc1. The predicted molar refractivity (Wildman–Crippen MR) is 105 cm³/mol. The molecular weight excluding hydrogens is 358 g/mol. The Bertz CT molecular complexity index is 989. The van der Waals surface area contributed by atoms with Gasteiger partial charge in [0.1, 0.15) is 23.6 Å². The maximum absolute atomic E-state index is 12.7. The highest BCUT2D eigenvalue weighted by Gasteiger charge is 2.32. The Morgan fingerprint density at radius 2 is 1.93 bits per heavy atom. The minimum atomic E-state index is -1.18. The number of amides is 1. The third-order valence-corrected chi connectivity index (χ3v) is 4.34. The molecule has 0 fully saturated rings. The maximum atomic E-state index is 12.7. The molecule has 7 heteroatoms. The molecule has 1 amide bonds. The molecule has 1 aromatic carbocycles. The minimum Gasteiger partial charge on any atom is -0.492 e. The molecule has 3 aromatic rings. The molecule has 0 spiro atoms. The van der Waals surface area contributed by atoms with Crippen LogP contribution in [0.1, 0.15) is 19.4 Å². The fourth-order valence-corrected chi connectivity index (χ4v) is 2.65. The van der Waals surface area contributed by atoms with Crippen molar-refractivity contribution in [3.8, 4) is 17.2 Å². The zero-order valence-electron chi connectivity index (χ0n) is 16.1. The molecule has 0 saturated carbocycles. The third kappa shape index (κ3) is 4.31. The van der Waals surface area contributed by atoms with Crippen LogP contribution in [-0.2, 0) is 10.3 Å². The van der Waals surface area contributed by atoms with Gasteiger partial charge in [0.25, 0.3) is 5.56 Å². The van der Waals surface area contributed by atoms with E-state index >= 15 is 0 Å². The molecular formula is C21H23N3O4. The number of nitrogens with zero attached hydrogens (tertiary/aromatic N) is 2. The molecule has 28 heavy (non-hydrogen) atoms. The Labute approximate surface area is 162 Å². The van der Waals surface area contributed by atoms with E-state index in [9.17, 15) is 9.59 Å². The van der Waals surface area contributed by atoms with E-state index in [4.69, 9.17) is 9.15 Å². The highest BCUT2D eigenvalue weighted by molar-refractivity contribution is 5.83. The average Bonchev–Trinajstić information content (AvgIpc) is 3.21. The minimum absolute atomic E-state index is 0.308. The first-order valence-corrected chi connectivity index (χ1v) is 9.00. The smallest absolute Gasteiger partial charge is 0.267 e. The summed E-state index contributed by atoms with van der Waals surface area (Å²) < 4.78 is 12.1. The van der Waals surface area contributed by atoms with E-state index in [0.717, 1.165) is 11.3 Å². The lowest BCUT2D eigenvalue weighted by molar-refractivity contribution is -0.129. The molecule has 0 aliphatic carbocycles. The fraction of sp³-hybridized carbons (Fsp3) is 0.286. The van der Waals surface area contributed by atoms with Gasteiger partial charge in [0, 0.05) is 6.07 Å². The summed E-state index contributed by atoms with van der Waals surface area (Å²) in [6.45, 7) is 5.91. The molecule has 2 aromatic heterocycles. The second-order valence-corrected chi connectivity index (χ2v) is 6.92. The Hall–Kier alpha value is -3.35. The van der Waals surface area contributed by atoms with Crippen molar-refractivity contribution in [3.63, 3.8) is 0 Å². The lowest BCUT2D eigenvalue weighted by atomic mass is 10.0. The van der Waals surface area contributed by atoms with Gasteiger partial charge in [-0.2, -0.15) is 5.10 Å². The van der Waals surface area contributed by atoms with Crippen LogP contribution >= 0.6 is 0 Å². The molecule has 0 aliphatic heterocycles. The molecule has 0 unspecified atom stereocenters. The quantitative estimate of drug-likeness (QED) is 0.636. The number of aryl methyl sites for hydroxylation is 1. The molecule has 0 bridgehead atoms. The molecule has 0 atom stereocenters. The Morgan fingerprint density at radius 1 is 1.18 bits per heavy atom. The number of nitrogens with one attached hydrogen (secondary N) is 1. The monoisotopic (exact) mass is 381 g/mol. The predicted octanol–water partition coefficient (Wildman–Crippen LogP) is 2.74. The van der Waals surface area contributed by atoms with Gasteiger partial charge in [-0.1, -0.05) is 17.7 Å². The highest BCUT2D eigenvalue weighted by atomic mass is 16.5. The summed E-state index contributed by atoms with van der Waals surface area (Å²) in [6, 6.07) is 14.1. The summed E-state index contributed by atoms with van der Waals surface area (Å²) in [5.74, 6) is 0.936. The number of aromatic nitrogens is 2. The third-order valence-electron chi connectivity index (χ3n) is 4.34. The highest BCUT2D eigenvalue weighted by Crippen LogP contribution is 2.18. The van der Waals surface area contributed by atoms with E-state index in [2.05, 4.69) is 10.4 Å². The molecule has 0 radical (unpaired) electrons. The molecule has 7 nitrogen and oxygen atoms in total. The van der Waals surface area contributed by atoms with Crippen molar-refractivity contribution in [2.45, 2.75) is 26.3 Å². The van der Waals surface area contributed by atoms with Crippen LogP contribution in [-0.4, -0.2) is 28.8 Å². The van der Waals surface area contributed by atoms with Crippen LogP contribution in [0.3, 0.4) is 0 Å². The molecule has 3 rings (SSSR count). The van der Waals surface area contributed by atoms with Crippen molar-refractivity contribution in [2.24, 2.45) is 0 Å². The first kappa shape index (κ1) is 19.4. The zero-order chi connectivity index (χ0) is 20.1. The normalized spacial score (nSPS) is 11.2. The largest absolute Gasteiger partial charge is 0.492 e. The molecule has 0 saturated heterocycles. The molecule has 0 aliphatic rings.